The molecule has 5 heteroatoms. The maximum absolute atomic E-state index is 12.1. The van der Waals surface area contributed by atoms with Gasteiger partial charge in [0.2, 0.25) is 0 Å². The summed E-state index contributed by atoms with van der Waals surface area (Å²) in [4.78, 5) is 23.0. The minimum atomic E-state index is -0.632. The van der Waals surface area contributed by atoms with E-state index in [2.05, 4.69) is 5.32 Å². The van der Waals surface area contributed by atoms with Gasteiger partial charge >= 0.3 is 6.09 Å². The molecule has 1 saturated heterocycles. The number of ether oxygens (including phenoxy) is 2. The Labute approximate surface area is 134 Å². The van der Waals surface area contributed by atoms with Crippen LogP contribution >= 0.6 is 0 Å². The SMILES string of the molecule is O=Cc1cccc(C2(NC(=O)OCc3ccccc3)COC2)c1. The molecule has 0 bridgehead atoms. The maximum atomic E-state index is 12.1. The predicted molar refractivity (Wildman–Crippen MR) is 84.1 cm³/mol. The molecule has 23 heavy (non-hydrogen) atoms. The molecule has 0 saturated carbocycles. The number of nitrogens with one attached hydrogen (secondary N) is 1. The maximum Gasteiger partial charge on any atom is 0.408 e. The summed E-state index contributed by atoms with van der Waals surface area (Å²) in [6.45, 7) is 0.920. The van der Waals surface area contributed by atoms with Crippen molar-refractivity contribution < 1.29 is 19.1 Å². The van der Waals surface area contributed by atoms with E-state index in [9.17, 15) is 9.59 Å². The molecule has 1 amide bonds. The molecule has 0 unspecified atom stereocenters. The number of benzene rings is 2. The Morgan fingerprint density at radius 1 is 1.17 bits per heavy atom. The second-order valence-corrected chi connectivity index (χ2v) is 5.50. The van der Waals surface area contributed by atoms with Crippen LogP contribution in [0.2, 0.25) is 0 Å². The quantitative estimate of drug-likeness (QED) is 0.862. The molecule has 5 nitrogen and oxygen atoms in total. The molecule has 2 aromatic carbocycles. The third-order valence-electron chi connectivity index (χ3n) is 3.83. The van der Waals surface area contributed by atoms with Crippen molar-refractivity contribution in [2.24, 2.45) is 0 Å². The number of carbonyl (C=O) groups excluding carboxylic acids is 2. The number of aldehydes is 1. The second-order valence-electron chi connectivity index (χ2n) is 5.50. The van der Waals surface area contributed by atoms with Gasteiger partial charge in [0, 0.05) is 5.56 Å². The first kappa shape index (κ1) is 15.2. The number of amides is 1. The van der Waals surface area contributed by atoms with Crippen LogP contribution in [0.4, 0.5) is 4.79 Å². The van der Waals surface area contributed by atoms with Crippen LogP contribution < -0.4 is 5.32 Å². The Hall–Kier alpha value is -2.66. The third-order valence-corrected chi connectivity index (χ3v) is 3.83. The lowest BCUT2D eigenvalue weighted by Gasteiger charge is -2.42. The van der Waals surface area contributed by atoms with E-state index in [0.29, 0.717) is 18.8 Å². The smallest absolute Gasteiger partial charge is 0.408 e. The lowest BCUT2D eigenvalue weighted by atomic mass is 9.87. The molecular formula is C18H17NO4. The third kappa shape index (κ3) is 3.40. The summed E-state index contributed by atoms with van der Waals surface area (Å²) in [6.07, 6.45) is 0.276. The average molecular weight is 311 g/mol. The van der Waals surface area contributed by atoms with E-state index < -0.39 is 11.6 Å². The van der Waals surface area contributed by atoms with Crippen molar-refractivity contribution in [1.29, 1.82) is 0 Å². The molecule has 118 valence electrons. The van der Waals surface area contributed by atoms with Gasteiger partial charge < -0.3 is 14.8 Å². The Bertz CT molecular complexity index is 695. The number of alkyl carbamates (subject to hydrolysis) is 1. The van der Waals surface area contributed by atoms with Crippen molar-refractivity contribution in [2.75, 3.05) is 13.2 Å². The summed E-state index contributed by atoms with van der Waals surface area (Å²) in [7, 11) is 0. The Morgan fingerprint density at radius 2 is 1.96 bits per heavy atom. The Balaban J connectivity index is 1.66. The molecule has 0 aromatic heterocycles. The van der Waals surface area contributed by atoms with Gasteiger partial charge in [0.1, 0.15) is 18.4 Å². The highest BCUT2D eigenvalue weighted by molar-refractivity contribution is 5.75. The topological polar surface area (TPSA) is 64.6 Å². The van der Waals surface area contributed by atoms with Crippen molar-refractivity contribution >= 4 is 12.4 Å². The number of hydrogen-bond acceptors (Lipinski definition) is 4. The van der Waals surface area contributed by atoms with Crippen molar-refractivity contribution in [3.8, 4) is 0 Å². The van der Waals surface area contributed by atoms with Crippen LogP contribution in [0.3, 0.4) is 0 Å². The zero-order valence-corrected chi connectivity index (χ0v) is 12.5. The highest BCUT2D eigenvalue weighted by atomic mass is 16.6. The van der Waals surface area contributed by atoms with Gasteiger partial charge in [-0.3, -0.25) is 4.79 Å². The monoisotopic (exact) mass is 311 g/mol. The van der Waals surface area contributed by atoms with Crippen LogP contribution in [0.5, 0.6) is 0 Å². The zero-order valence-electron chi connectivity index (χ0n) is 12.5. The van der Waals surface area contributed by atoms with Gasteiger partial charge in [-0.15, -0.1) is 0 Å². The van der Waals surface area contributed by atoms with Gasteiger partial charge in [0.25, 0.3) is 0 Å². The molecule has 0 aliphatic carbocycles. The van der Waals surface area contributed by atoms with Crippen LogP contribution in [0.15, 0.2) is 54.6 Å². The van der Waals surface area contributed by atoms with E-state index in [0.717, 1.165) is 17.4 Å². The van der Waals surface area contributed by atoms with Crippen LogP contribution in [0, 0.1) is 0 Å². The molecule has 0 atom stereocenters. The first-order chi connectivity index (χ1) is 11.2. The summed E-state index contributed by atoms with van der Waals surface area (Å²) in [6, 6.07) is 16.6. The van der Waals surface area contributed by atoms with Crippen LogP contribution in [0.25, 0.3) is 0 Å². The highest BCUT2D eigenvalue weighted by Crippen LogP contribution is 2.30. The predicted octanol–water partition coefficient (Wildman–Crippen LogP) is 2.65. The number of rotatable bonds is 5. The van der Waals surface area contributed by atoms with Gasteiger partial charge in [-0.25, -0.2) is 4.79 Å². The number of carbonyl (C=O) groups is 2. The standard InChI is InChI=1S/C18H17NO4/c20-10-15-7-4-8-16(9-15)18(12-22-13-18)19-17(21)23-11-14-5-2-1-3-6-14/h1-10H,11-13H2,(H,19,21). The van der Waals surface area contributed by atoms with Crippen LogP contribution in [-0.2, 0) is 21.6 Å². The molecule has 0 spiro atoms. The molecule has 0 radical (unpaired) electrons. The van der Waals surface area contributed by atoms with Crippen LogP contribution in [-0.4, -0.2) is 25.6 Å². The molecule has 1 heterocycles. The van der Waals surface area contributed by atoms with Gasteiger partial charge in [0.15, 0.2) is 0 Å². The Kier molecular flexibility index (Phi) is 4.39. The summed E-state index contributed by atoms with van der Waals surface area (Å²) in [5.74, 6) is 0. The summed E-state index contributed by atoms with van der Waals surface area (Å²) in [5.41, 5.74) is 1.69. The van der Waals surface area contributed by atoms with Gasteiger partial charge in [0.05, 0.1) is 13.2 Å². The summed E-state index contributed by atoms with van der Waals surface area (Å²) in [5, 5.41) is 2.87. The lowest BCUT2D eigenvalue weighted by Crippen LogP contribution is -2.59. The molecule has 1 N–H and O–H groups in total. The molecule has 1 fully saturated rings. The van der Waals surface area contributed by atoms with E-state index in [1.54, 1.807) is 18.2 Å². The minimum absolute atomic E-state index is 0.206. The fourth-order valence-corrected chi connectivity index (χ4v) is 2.48. The lowest BCUT2D eigenvalue weighted by molar-refractivity contribution is -0.0762. The van der Waals surface area contributed by atoms with E-state index >= 15 is 0 Å². The zero-order chi connectivity index (χ0) is 16.1. The normalized spacial score (nSPS) is 15.3. The average Bonchev–Trinajstić information content (AvgIpc) is 2.57. The van der Waals surface area contributed by atoms with Crippen LogP contribution in [0.1, 0.15) is 21.5 Å². The van der Waals surface area contributed by atoms with E-state index in [-0.39, 0.29) is 6.61 Å². The van der Waals surface area contributed by atoms with Crippen molar-refractivity contribution in [1.82, 2.24) is 5.32 Å². The van der Waals surface area contributed by atoms with Gasteiger partial charge in [-0.05, 0) is 17.2 Å². The van der Waals surface area contributed by atoms with Gasteiger partial charge in [-0.1, -0.05) is 48.5 Å². The van der Waals surface area contributed by atoms with E-state index in [4.69, 9.17) is 9.47 Å². The van der Waals surface area contributed by atoms with Crippen molar-refractivity contribution in [3.05, 3.63) is 71.3 Å². The minimum Gasteiger partial charge on any atom is -0.445 e. The molecule has 1 aliphatic rings. The fraction of sp³-hybridized carbons (Fsp3) is 0.222. The highest BCUT2D eigenvalue weighted by Gasteiger charge is 2.42. The van der Waals surface area contributed by atoms with E-state index in [1.807, 2.05) is 36.4 Å². The molecule has 3 rings (SSSR count). The Morgan fingerprint density at radius 3 is 2.61 bits per heavy atom. The molecular weight excluding hydrogens is 294 g/mol. The summed E-state index contributed by atoms with van der Waals surface area (Å²) >= 11 is 0. The number of hydrogen-bond donors (Lipinski definition) is 1. The molecule has 2 aromatic rings. The largest absolute Gasteiger partial charge is 0.445 e. The first-order valence-corrected chi connectivity index (χ1v) is 7.34. The molecule has 1 aliphatic heterocycles. The van der Waals surface area contributed by atoms with E-state index in [1.165, 1.54) is 0 Å². The summed E-state index contributed by atoms with van der Waals surface area (Å²) < 4.78 is 10.5. The first-order valence-electron chi connectivity index (χ1n) is 7.34. The van der Waals surface area contributed by atoms with Crippen molar-refractivity contribution in [3.63, 3.8) is 0 Å². The fourth-order valence-electron chi connectivity index (χ4n) is 2.48. The second kappa shape index (κ2) is 6.62. The van der Waals surface area contributed by atoms with Gasteiger partial charge in [-0.2, -0.15) is 0 Å². The van der Waals surface area contributed by atoms with Crippen molar-refractivity contribution in [2.45, 2.75) is 12.1 Å².